The fourth-order valence-corrected chi connectivity index (χ4v) is 2.38. The van der Waals surface area contributed by atoms with Gasteiger partial charge in [0.15, 0.2) is 0 Å². The number of aldehydes is 1. The summed E-state index contributed by atoms with van der Waals surface area (Å²) in [4.78, 5) is 24.2. The second-order valence-electron chi connectivity index (χ2n) is 3.82. The predicted octanol–water partition coefficient (Wildman–Crippen LogP) is 2.04. The number of carbonyl (C=O) groups excluding carboxylic acids is 2. The number of hydrogen-bond acceptors (Lipinski definition) is 2. The molecule has 4 heteroatoms. The van der Waals surface area contributed by atoms with Crippen LogP contribution in [-0.2, 0) is 11.2 Å². The minimum Gasteiger partial charge on any atom is -0.332 e. The third kappa shape index (κ3) is 2.16. The third-order valence-corrected chi connectivity index (χ3v) is 3.25. The first-order valence-electron chi connectivity index (χ1n) is 5.23. The van der Waals surface area contributed by atoms with Gasteiger partial charge in [0.25, 0.3) is 5.91 Å². The summed E-state index contributed by atoms with van der Waals surface area (Å²) in [5, 5.41) is 0. The topological polar surface area (TPSA) is 37.4 Å². The fraction of sp³-hybridized carbons (Fsp3) is 0.333. The largest absolute Gasteiger partial charge is 0.332 e. The number of rotatable bonds is 2. The monoisotopic (exact) mass is 281 g/mol. The van der Waals surface area contributed by atoms with Gasteiger partial charge in [0.2, 0.25) is 0 Å². The highest BCUT2D eigenvalue weighted by Gasteiger charge is 2.21. The molecule has 0 fully saturated rings. The van der Waals surface area contributed by atoms with Gasteiger partial charge in [-0.05, 0) is 36.6 Å². The third-order valence-electron chi connectivity index (χ3n) is 2.75. The lowest BCUT2D eigenvalue weighted by Crippen LogP contribution is -2.32. The summed E-state index contributed by atoms with van der Waals surface area (Å²) >= 11 is 3.40. The second kappa shape index (κ2) is 4.78. The first-order valence-corrected chi connectivity index (χ1v) is 6.03. The second-order valence-corrected chi connectivity index (χ2v) is 4.74. The van der Waals surface area contributed by atoms with Crippen LogP contribution in [0.15, 0.2) is 22.7 Å². The molecule has 1 aromatic carbocycles. The highest BCUT2D eigenvalue weighted by Crippen LogP contribution is 2.22. The van der Waals surface area contributed by atoms with Gasteiger partial charge in [0, 0.05) is 16.6 Å². The lowest BCUT2D eigenvalue weighted by Gasteiger charge is -2.17. The van der Waals surface area contributed by atoms with Crippen molar-refractivity contribution in [2.45, 2.75) is 12.8 Å². The molecule has 2 rings (SSSR count). The van der Waals surface area contributed by atoms with Crippen LogP contribution < -0.4 is 0 Å². The molecule has 1 heterocycles. The van der Waals surface area contributed by atoms with Gasteiger partial charge < -0.3 is 9.69 Å². The molecule has 84 valence electrons. The van der Waals surface area contributed by atoms with Gasteiger partial charge in [-0.1, -0.05) is 15.9 Å². The van der Waals surface area contributed by atoms with Crippen LogP contribution in [0.1, 0.15) is 22.3 Å². The quantitative estimate of drug-likeness (QED) is 0.778. The summed E-state index contributed by atoms with van der Waals surface area (Å²) in [6, 6.07) is 5.67. The molecular weight excluding hydrogens is 270 g/mol. The zero-order chi connectivity index (χ0) is 11.5. The Bertz CT molecular complexity index is 431. The van der Waals surface area contributed by atoms with E-state index in [4.69, 9.17) is 0 Å². The van der Waals surface area contributed by atoms with Gasteiger partial charge in [-0.2, -0.15) is 0 Å². The van der Waals surface area contributed by atoms with E-state index in [9.17, 15) is 9.59 Å². The molecule has 3 nitrogen and oxygen atoms in total. The number of aryl methyl sites for hydroxylation is 1. The minimum absolute atomic E-state index is 0.0351. The zero-order valence-corrected chi connectivity index (χ0v) is 10.4. The van der Waals surface area contributed by atoms with Crippen LogP contribution in [0.2, 0.25) is 0 Å². The first-order chi connectivity index (χ1) is 7.72. The number of carbonyl (C=O) groups is 2. The Kier molecular flexibility index (Phi) is 3.39. The van der Waals surface area contributed by atoms with Gasteiger partial charge >= 0.3 is 0 Å². The molecule has 0 spiro atoms. The van der Waals surface area contributed by atoms with Crippen molar-refractivity contribution in [2.24, 2.45) is 0 Å². The molecule has 0 unspecified atom stereocenters. The smallest absolute Gasteiger partial charge is 0.254 e. The van der Waals surface area contributed by atoms with Gasteiger partial charge in [0.1, 0.15) is 6.29 Å². The summed E-state index contributed by atoms with van der Waals surface area (Å²) < 4.78 is 0.989. The summed E-state index contributed by atoms with van der Waals surface area (Å²) in [6.45, 7) is 0.845. The molecule has 0 radical (unpaired) electrons. The zero-order valence-electron chi connectivity index (χ0n) is 8.78. The molecule has 0 bridgehead atoms. The highest BCUT2D eigenvalue weighted by molar-refractivity contribution is 9.10. The van der Waals surface area contributed by atoms with E-state index in [1.807, 2.05) is 18.2 Å². The number of benzene rings is 1. The highest BCUT2D eigenvalue weighted by atomic mass is 79.9. The van der Waals surface area contributed by atoms with E-state index in [2.05, 4.69) is 15.9 Å². The van der Waals surface area contributed by atoms with Crippen molar-refractivity contribution < 1.29 is 9.59 Å². The molecule has 1 amide bonds. The van der Waals surface area contributed by atoms with Crippen LogP contribution >= 0.6 is 15.9 Å². The molecule has 0 saturated carbocycles. The molecule has 1 aromatic rings. The maximum atomic E-state index is 12.1. The number of halogens is 1. The molecule has 16 heavy (non-hydrogen) atoms. The Morgan fingerprint density at radius 2 is 2.25 bits per heavy atom. The number of nitrogens with zero attached hydrogens (tertiary/aromatic N) is 1. The maximum absolute atomic E-state index is 12.1. The van der Waals surface area contributed by atoms with Gasteiger partial charge in [-0.25, -0.2) is 0 Å². The van der Waals surface area contributed by atoms with Crippen molar-refractivity contribution in [1.82, 2.24) is 4.90 Å². The minimum atomic E-state index is -0.0351. The number of amides is 1. The van der Waals surface area contributed by atoms with E-state index in [1.165, 1.54) is 0 Å². The van der Waals surface area contributed by atoms with Gasteiger partial charge in [0.05, 0.1) is 6.54 Å². The lowest BCUT2D eigenvalue weighted by atomic mass is 10.0. The van der Waals surface area contributed by atoms with Crippen LogP contribution in [0.25, 0.3) is 0 Å². The van der Waals surface area contributed by atoms with E-state index in [0.29, 0.717) is 6.54 Å². The van der Waals surface area contributed by atoms with Crippen molar-refractivity contribution in [2.75, 3.05) is 13.1 Å². The van der Waals surface area contributed by atoms with Crippen molar-refractivity contribution in [3.8, 4) is 0 Å². The van der Waals surface area contributed by atoms with Crippen molar-refractivity contribution in [3.63, 3.8) is 0 Å². The normalized spacial score (nSPS) is 15.6. The van der Waals surface area contributed by atoms with Crippen LogP contribution in [0.4, 0.5) is 0 Å². The Morgan fingerprint density at radius 1 is 1.44 bits per heavy atom. The van der Waals surface area contributed by atoms with Gasteiger partial charge in [-0.15, -0.1) is 0 Å². The predicted molar refractivity (Wildman–Crippen MR) is 64.4 cm³/mol. The van der Waals surface area contributed by atoms with E-state index < -0.39 is 0 Å². The average molecular weight is 282 g/mol. The standard InChI is InChI=1S/C12H12BrNO2/c13-10-3-4-11-9(8-10)2-1-5-14(6-7-15)12(11)16/h3-4,7-8H,1-2,5-6H2. The molecule has 0 N–H and O–H groups in total. The van der Waals surface area contributed by atoms with Crippen LogP contribution in [0.3, 0.4) is 0 Å². The van der Waals surface area contributed by atoms with Crippen molar-refractivity contribution >= 4 is 28.1 Å². The Balaban J connectivity index is 2.37. The Hall–Kier alpha value is -1.16. The summed E-state index contributed by atoms with van der Waals surface area (Å²) in [6.07, 6.45) is 2.57. The van der Waals surface area contributed by atoms with E-state index in [0.717, 1.165) is 34.7 Å². The van der Waals surface area contributed by atoms with E-state index in [1.54, 1.807) is 4.90 Å². The molecule has 0 saturated heterocycles. The molecule has 1 aliphatic heterocycles. The summed E-state index contributed by atoms with van der Waals surface area (Å²) in [5.41, 5.74) is 1.79. The summed E-state index contributed by atoms with van der Waals surface area (Å²) in [7, 11) is 0. The SMILES string of the molecule is O=CCN1CCCc2cc(Br)ccc2C1=O. The van der Waals surface area contributed by atoms with E-state index in [-0.39, 0.29) is 12.5 Å². The molecule has 1 aliphatic rings. The Labute approximate surface area is 103 Å². The lowest BCUT2D eigenvalue weighted by molar-refractivity contribution is -0.108. The van der Waals surface area contributed by atoms with Crippen LogP contribution in [0.5, 0.6) is 0 Å². The maximum Gasteiger partial charge on any atom is 0.254 e. The van der Waals surface area contributed by atoms with Crippen molar-refractivity contribution in [1.29, 1.82) is 0 Å². The number of fused-ring (bicyclic) bond motifs is 1. The van der Waals surface area contributed by atoms with Gasteiger partial charge in [-0.3, -0.25) is 4.79 Å². The summed E-state index contributed by atoms with van der Waals surface area (Å²) in [5.74, 6) is -0.0351. The fourth-order valence-electron chi connectivity index (χ4n) is 1.97. The Morgan fingerprint density at radius 3 is 3.00 bits per heavy atom. The number of hydrogen-bond donors (Lipinski definition) is 0. The van der Waals surface area contributed by atoms with E-state index >= 15 is 0 Å². The van der Waals surface area contributed by atoms with Crippen LogP contribution in [0, 0.1) is 0 Å². The van der Waals surface area contributed by atoms with Crippen LogP contribution in [-0.4, -0.2) is 30.2 Å². The molecule has 0 aromatic heterocycles. The molecular formula is C12H12BrNO2. The first kappa shape index (κ1) is 11.3. The molecule has 0 atom stereocenters. The molecule has 0 aliphatic carbocycles. The van der Waals surface area contributed by atoms with Crippen molar-refractivity contribution in [3.05, 3.63) is 33.8 Å². The average Bonchev–Trinajstić information content (AvgIpc) is 2.40.